The Morgan fingerprint density at radius 2 is 1.58 bits per heavy atom. The van der Waals surface area contributed by atoms with Gasteiger partial charge < -0.3 is 5.73 Å². The molecule has 0 saturated heterocycles. The van der Waals surface area contributed by atoms with Crippen LogP contribution in [0.3, 0.4) is 0 Å². The van der Waals surface area contributed by atoms with E-state index in [2.05, 4.69) is 5.32 Å². The number of nitrogens with two attached hydrogens (primary N) is 1. The maximum absolute atomic E-state index is 11.7. The number of rotatable bonds is 3. The van der Waals surface area contributed by atoms with Crippen LogP contribution in [0.4, 0.5) is 4.79 Å². The first-order chi connectivity index (χ1) is 8.93. The summed E-state index contributed by atoms with van der Waals surface area (Å²) in [5.41, 5.74) is 5.04. The molecule has 4 N–H and O–H groups in total. The molecule has 0 radical (unpaired) electrons. The van der Waals surface area contributed by atoms with Crippen LogP contribution >= 0.6 is 22.6 Å². The highest BCUT2D eigenvalue weighted by molar-refractivity contribution is 14.1. The lowest BCUT2D eigenvalue weighted by Gasteiger charge is -2.05. The van der Waals surface area contributed by atoms with Crippen molar-refractivity contribution in [2.75, 3.05) is 4.43 Å². The highest BCUT2D eigenvalue weighted by Gasteiger charge is 2.13. The minimum atomic E-state index is -0.986. The Balaban J connectivity index is 2.88. The van der Waals surface area contributed by atoms with Crippen LogP contribution in [0.1, 0.15) is 20.7 Å². The van der Waals surface area contributed by atoms with E-state index in [0.717, 1.165) is 0 Å². The third-order valence-corrected chi connectivity index (χ3v) is 2.69. The fourth-order valence-corrected chi connectivity index (χ4v) is 1.41. The van der Waals surface area contributed by atoms with Crippen molar-refractivity contribution >= 4 is 46.3 Å². The van der Waals surface area contributed by atoms with Crippen molar-refractivity contribution in [3.8, 4) is 0 Å². The van der Waals surface area contributed by atoms with Crippen LogP contribution in [-0.2, 0) is 4.79 Å². The molecule has 1 rings (SSSR count). The lowest BCUT2D eigenvalue weighted by atomic mass is 10.1. The number of urea groups is 1. The number of hydrogen-bond donors (Lipinski definition) is 3. The highest BCUT2D eigenvalue weighted by Crippen LogP contribution is 2.05. The molecule has 0 fully saturated rings. The number of carbonyl (C=O) groups excluding carboxylic acids is 4. The molecule has 0 aromatic heterocycles. The van der Waals surface area contributed by atoms with Crippen LogP contribution in [0.2, 0.25) is 0 Å². The van der Waals surface area contributed by atoms with Gasteiger partial charge in [-0.05, 0) is 18.2 Å². The minimum absolute atomic E-state index is 0.0911. The molecule has 0 aliphatic rings. The second kappa shape index (κ2) is 6.83. The van der Waals surface area contributed by atoms with Crippen LogP contribution in [0.5, 0.6) is 0 Å². The zero-order valence-corrected chi connectivity index (χ0v) is 11.8. The van der Waals surface area contributed by atoms with Gasteiger partial charge in [0.2, 0.25) is 5.91 Å². The van der Waals surface area contributed by atoms with Crippen LogP contribution in [0.15, 0.2) is 24.3 Å². The quantitative estimate of drug-likeness (QED) is 0.516. The van der Waals surface area contributed by atoms with Crippen molar-refractivity contribution in [1.29, 1.82) is 0 Å². The van der Waals surface area contributed by atoms with E-state index in [-0.39, 0.29) is 15.6 Å². The van der Waals surface area contributed by atoms with Gasteiger partial charge in [-0.3, -0.25) is 25.0 Å². The topological polar surface area (TPSA) is 118 Å². The van der Waals surface area contributed by atoms with Gasteiger partial charge in [0.25, 0.3) is 11.8 Å². The zero-order chi connectivity index (χ0) is 14.4. The Morgan fingerprint density at radius 3 is 2.05 bits per heavy atom. The third kappa shape index (κ3) is 4.66. The van der Waals surface area contributed by atoms with Gasteiger partial charge in [-0.2, -0.15) is 0 Å². The van der Waals surface area contributed by atoms with Gasteiger partial charge >= 0.3 is 6.03 Å². The molecular formula is C11H10IN3O4. The molecule has 0 spiro atoms. The van der Waals surface area contributed by atoms with Gasteiger partial charge in [0, 0.05) is 11.1 Å². The van der Waals surface area contributed by atoms with Crippen molar-refractivity contribution in [2.24, 2.45) is 5.73 Å². The molecule has 1 aromatic carbocycles. The van der Waals surface area contributed by atoms with Crippen molar-refractivity contribution in [3.05, 3.63) is 35.4 Å². The summed E-state index contributed by atoms with van der Waals surface area (Å²) in [4.78, 5) is 44.8. The second-order valence-corrected chi connectivity index (χ2v) is 4.17. The molecule has 0 aliphatic carbocycles. The number of nitrogens with one attached hydrogen (secondary N) is 2. The number of imide groups is 2. The first-order valence-corrected chi connectivity index (χ1v) is 6.57. The first-order valence-electron chi connectivity index (χ1n) is 5.05. The molecule has 0 heterocycles. The van der Waals surface area contributed by atoms with E-state index >= 15 is 0 Å². The molecule has 0 aliphatic heterocycles. The molecule has 1 aromatic rings. The van der Waals surface area contributed by atoms with Crippen molar-refractivity contribution in [1.82, 2.24) is 10.6 Å². The molecule has 5 amide bonds. The van der Waals surface area contributed by atoms with Gasteiger partial charge in [0.15, 0.2) is 0 Å². The minimum Gasteiger partial charge on any atom is -0.351 e. The summed E-state index contributed by atoms with van der Waals surface area (Å²) >= 11 is 1.82. The van der Waals surface area contributed by atoms with Crippen LogP contribution in [0, 0.1) is 0 Å². The van der Waals surface area contributed by atoms with E-state index in [1.165, 1.54) is 24.3 Å². The third-order valence-electron chi connectivity index (χ3n) is 2.00. The predicted octanol–water partition coefficient (Wildman–Crippen LogP) is 0.186. The molecule has 8 heteroatoms. The van der Waals surface area contributed by atoms with E-state index in [9.17, 15) is 19.2 Å². The summed E-state index contributed by atoms with van der Waals surface area (Å²) in [5.74, 6) is -1.77. The van der Waals surface area contributed by atoms with Crippen LogP contribution in [-0.4, -0.2) is 28.2 Å². The summed E-state index contributed by atoms with van der Waals surface area (Å²) in [7, 11) is 0. The summed E-state index contributed by atoms with van der Waals surface area (Å²) in [5, 5.41) is 4.02. The van der Waals surface area contributed by atoms with Crippen LogP contribution < -0.4 is 16.4 Å². The van der Waals surface area contributed by atoms with Gasteiger partial charge in [-0.15, -0.1) is 0 Å². The maximum Gasteiger partial charge on any atom is 0.319 e. The lowest BCUT2D eigenvalue weighted by molar-refractivity contribution is -0.117. The number of halogens is 1. The summed E-state index contributed by atoms with van der Waals surface area (Å²) in [6.45, 7) is 0. The molecule has 0 unspecified atom stereocenters. The average molecular weight is 375 g/mol. The van der Waals surface area contributed by atoms with E-state index in [1.54, 1.807) is 0 Å². The van der Waals surface area contributed by atoms with Gasteiger partial charge in [-0.1, -0.05) is 28.7 Å². The van der Waals surface area contributed by atoms with E-state index in [4.69, 9.17) is 5.73 Å². The molecular weight excluding hydrogens is 365 g/mol. The Hall–Kier alpha value is -1.97. The number of amides is 5. The standard InChI is InChI=1S/C11H10IN3O4/c12-5-8(16)14-9(17)6-2-1-3-7(4-6)10(18)15-11(13)19/h1-4H,5H2,(H,14,16,17)(H3,13,15,18,19). The van der Waals surface area contributed by atoms with E-state index in [0.29, 0.717) is 0 Å². The van der Waals surface area contributed by atoms with Crippen LogP contribution in [0.25, 0.3) is 0 Å². The number of alkyl halides is 1. The smallest absolute Gasteiger partial charge is 0.319 e. The fourth-order valence-electron chi connectivity index (χ4n) is 1.22. The van der Waals surface area contributed by atoms with Crippen molar-refractivity contribution in [3.63, 3.8) is 0 Å². The summed E-state index contributed by atoms with van der Waals surface area (Å²) < 4.78 is 0.144. The molecule has 0 saturated carbocycles. The number of primary amides is 1. The molecule has 19 heavy (non-hydrogen) atoms. The summed E-state index contributed by atoms with van der Waals surface area (Å²) in [6.07, 6.45) is 0. The SMILES string of the molecule is NC(=O)NC(=O)c1cccc(C(=O)NC(=O)CI)c1. The summed E-state index contributed by atoms with van der Waals surface area (Å²) in [6, 6.07) is 4.58. The largest absolute Gasteiger partial charge is 0.351 e. The Bertz CT molecular complexity index is 544. The lowest BCUT2D eigenvalue weighted by Crippen LogP contribution is -2.35. The van der Waals surface area contributed by atoms with Gasteiger partial charge in [0.1, 0.15) is 0 Å². The van der Waals surface area contributed by atoms with Crippen molar-refractivity contribution in [2.45, 2.75) is 0 Å². The van der Waals surface area contributed by atoms with Gasteiger partial charge in [-0.25, -0.2) is 4.79 Å². The molecule has 0 bridgehead atoms. The Morgan fingerprint density at radius 1 is 1.05 bits per heavy atom. The number of carbonyl (C=O) groups is 4. The fraction of sp³-hybridized carbons (Fsp3) is 0.0909. The molecule has 100 valence electrons. The normalized spacial score (nSPS) is 9.53. The number of hydrogen-bond acceptors (Lipinski definition) is 4. The predicted molar refractivity (Wildman–Crippen MR) is 74.9 cm³/mol. The highest BCUT2D eigenvalue weighted by atomic mass is 127. The van der Waals surface area contributed by atoms with E-state index < -0.39 is 23.8 Å². The Kier molecular flexibility index (Phi) is 5.42. The number of benzene rings is 1. The Labute approximate surface area is 122 Å². The van der Waals surface area contributed by atoms with Gasteiger partial charge in [0.05, 0.1) is 4.43 Å². The second-order valence-electron chi connectivity index (χ2n) is 3.41. The molecule has 7 nitrogen and oxygen atoms in total. The first kappa shape index (κ1) is 15.1. The van der Waals surface area contributed by atoms with E-state index in [1.807, 2.05) is 27.9 Å². The maximum atomic E-state index is 11.7. The monoisotopic (exact) mass is 375 g/mol. The molecule has 0 atom stereocenters. The average Bonchev–Trinajstić information content (AvgIpc) is 2.37. The van der Waals surface area contributed by atoms with Crippen molar-refractivity contribution < 1.29 is 19.2 Å². The zero-order valence-electron chi connectivity index (χ0n) is 9.60.